The van der Waals surface area contributed by atoms with E-state index in [0.29, 0.717) is 6.04 Å². The summed E-state index contributed by atoms with van der Waals surface area (Å²) in [5.41, 5.74) is 1.29. The van der Waals surface area contributed by atoms with Gasteiger partial charge in [0.05, 0.1) is 0 Å². The van der Waals surface area contributed by atoms with Crippen LogP contribution in [0.1, 0.15) is 25.3 Å². The topological polar surface area (TPSA) is 28.2 Å². The van der Waals surface area contributed by atoms with Gasteiger partial charge in [-0.25, -0.2) is 0 Å². The van der Waals surface area contributed by atoms with Crippen LogP contribution < -0.4 is 5.32 Å². The van der Waals surface area contributed by atoms with Crippen molar-refractivity contribution in [2.75, 3.05) is 19.6 Å². The maximum Gasteiger partial charge on any atom is 0.0410 e. The van der Waals surface area contributed by atoms with Crippen molar-refractivity contribution in [1.29, 1.82) is 0 Å². The van der Waals surface area contributed by atoms with Crippen molar-refractivity contribution >= 4 is 15.9 Å². The standard InChI is InChI=1S/C13H20BrN3/c1-2-3-13-10-17(5-4-16-13)9-11-6-12(14)8-15-7-11/h6-8,13,16H,2-5,9-10H2,1H3. The molecular formula is C13H20BrN3. The molecule has 1 saturated heterocycles. The van der Waals surface area contributed by atoms with Gasteiger partial charge in [0, 0.05) is 49.1 Å². The van der Waals surface area contributed by atoms with Gasteiger partial charge in [-0.2, -0.15) is 0 Å². The number of hydrogen-bond donors (Lipinski definition) is 1. The van der Waals surface area contributed by atoms with Gasteiger partial charge in [0.2, 0.25) is 0 Å². The first-order chi connectivity index (χ1) is 8.28. The molecule has 0 radical (unpaired) electrons. The first-order valence-electron chi connectivity index (χ1n) is 6.33. The highest BCUT2D eigenvalue weighted by Crippen LogP contribution is 2.13. The maximum absolute atomic E-state index is 4.22. The highest BCUT2D eigenvalue weighted by atomic mass is 79.9. The van der Waals surface area contributed by atoms with Crippen molar-refractivity contribution in [2.24, 2.45) is 0 Å². The van der Waals surface area contributed by atoms with Gasteiger partial charge >= 0.3 is 0 Å². The zero-order valence-electron chi connectivity index (χ0n) is 10.3. The van der Waals surface area contributed by atoms with Gasteiger partial charge in [0.15, 0.2) is 0 Å². The molecule has 1 atom stereocenters. The minimum atomic E-state index is 0.661. The molecule has 1 aromatic rings. The van der Waals surface area contributed by atoms with E-state index in [9.17, 15) is 0 Å². The van der Waals surface area contributed by atoms with Crippen LogP contribution in [0.2, 0.25) is 0 Å². The Morgan fingerprint density at radius 3 is 3.18 bits per heavy atom. The molecule has 1 fully saturated rings. The second kappa shape index (κ2) is 6.47. The van der Waals surface area contributed by atoms with Crippen molar-refractivity contribution < 1.29 is 0 Å². The third-order valence-electron chi connectivity index (χ3n) is 3.14. The van der Waals surface area contributed by atoms with Gasteiger partial charge < -0.3 is 5.32 Å². The van der Waals surface area contributed by atoms with Crippen LogP contribution in [0.4, 0.5) is 0 Å². The quantitative estimate of drug-likeness (QED) is 0.925. The highest BCUT2D eigenvalue weighted by molar-refractivity contribution is 9.10. The molecule has 0 amide bonds. The molecule has 17 heavy (non-hydrogen) atoms. The van der Waals surface area contributed by atoms with E-state index in [-0.39, 0.29) is 0 Å². The number of rotatable bonds is 4. The predicted molar refractivity (Wildman–Crippen MR) is 73.9 cm³/mol. The van der Waals surface area contributed by atoms with Crippen LogP contribution in [-0.2, 0) is 6.54 Å². The number of nitrogens with zero attached hydrogens (tertiary/aromatic N) is 2. The third-order valence-corrected chi connectivity index (χ3v) is 3.58. The van der Waals surface area contributed by atoms with Crippen molar-refractivity contribution in [3.8, 4) is 0 Å². The van der Waals surface area contributed by atoms with Crippen LogP contribution in [-0.4, -0.2) is 35.6 Å². The molecule has 0 aliphatic carbocycles. The molecule has 4 heteroatoms. The van der Waals surface area contributed by atoms with Crippen LogP contribution in [0.15, 0.2) is 22.9 Å². The summed E-state index contributed by atoms with van der Waals surface area (Å²) in [5, 5.41) is 3.58. The fourth-order valence-electron chi connectivity index (χ4n) is 2.38. The molecule has 0 saturated carbocycles. The normalized spacial score (nSPS) is 21.6. The summed E-state index contributed by atoms with van der Waals surface area (Å²) < 4.78 is 1.07. The van der Waals surface area contributed by atoms with E-state index < -0.39 is 0 Å². The summed E-state index contributed by atoms with van der Waals surface area (Å²) >= 11 is 3.47. The molecule has 1 aliphatic rings. The Kier molecular flexibility index (Phi) is 4.95. The molecule has 1 aromatic heterocycles. The fraction of sp³-hybridized carbons (Fsp3) is 0.615. The Morgan fingerprint density at radius 2 is 2.41 bits per heavy atom. The smallest absolute Gasteiger partial charge is 0.0410 e. The molecular weight excluding hydrogens is 278 g/mol. The van der Waals surface area contributed by atoms with E-state index in [1.807, 2.05) is 12.4 Å². The van der Waals surface area contributed by atoms with Crippen LogP contribution in [0, 0.1) is 0 Å². The lowest BCUT2D eigenvalue weighted by atomic mass is 10.1. The van der Waals surface area contributed by atoms with Crippen LogP contribution in [0.3, 0.4) is 0 Å². The second-order valence-corrected chi connectivity index (χ2v) is 5.60. The molecule has 1 aliphatic heterocycles. The Bertz CT molecular complexity index is 354. The van der Waals surface area contributed by atoms with Crippen LogP contribution in [0.5, 0.6) is 0 Å². The van der Waals surface area contributed by atoms with E-state index in [1.165, 1.54) is 18.4 Å². The fourth-order valence-corrected chi connectivity index (χ4v) is 2.79. The summed E-state index contributed by atoms with van der Waals surface area (Å²) in [4.78, 5) is 6.73. The number of nitrogens with one attached hydrogen (secondary N) is 1. The molecule has 3 nitrogen and oxygen atoms in total. The van der Waals surface area contributed by atoms with Crippen molar-refractivity contribution in [3.63, 3.8) is 0 Å². The Labute approximate surface area is 112 Å². The maximum atomic E-state index is 4.22. The molecule has 2 heterocycles. The zero-order valence-corrected chi connectivity index (χ0v) is 11.9. The largest absolute Gasteiger partial charge is 0.311 e. The summed E-state index contributed by atoms with van der Waals surface area (Å²) in [5.74, 6) is 0. The van der Waals surface area contributed by atoms with Gasteiger partial charge in [0.1, 0.15) is 0 Å². The van der Waals surface area contributed by atoms with Crippen molar-refractivity contribution in [1.82, 2.24) is 15.2 Å². The molecule has 1 N–H and O–H groups in total. The Morgan fingerprint density at radius 1 is 1.53 bits per heavy atom. The number of aromatic nitrogens is 1. The average Bonchev–Trinajstić information content (AvgIpc) is 2.30. The Balaban J connectivity index is 1.90. The minimum Gasteiger partial charge on any atom is -0.311 e. The van der Waals surface area contributed by atoms with E-state index in [0.717, 1.165) is 30.7 Å². The Hall–Kier alpha value is -0.450. The first-order valence-corrected chi connectivity index (χ1v) is 7.12. The van der Waals surface area contributed by atoms with Crippen LogP contribution >= 0.6 is 15.9 Å². The molecule has 0 aromatic carbocycles. The lowest BCUT2D eigenvalue weighted by Gasteiger charge is -2.33. The van der Waals surface area contributed by atoms with Crippen LogP contribution in [0.25, 0.3) is 0 Å². The van der Waals surface area contributed by atoms with Crippen molar-refractivity contribution in [3.05, 3.63) is 28.5 Å². The van der Waals surface area contributed by atoms with E-state index in [1.54, 1.807) is 0 Å². The number of piperazine rings is 1. The molecule has 0 spiro atoms. The van der Waals surface area contributed by atoms with Crippen molar-refractivity contribution in [2.45, 2.75) is 32.4 Å². The number of halogens is 1. The van der Waals surface area contributed by atoms with E-state index in [4.69, 9.17) is 0 Å². The van der Waals surface area contributed by atoms with Gasteiger partial charge in [-0.1, -0.05) is 13.3 Å². The molecule has 94 valence electrons. The van der Waals surface area contributed by atoms with Gasteiger partial charge in [-0.15, -0.1) is 0 Å². The molecule has 0 bridgehead atoms. The van der Waals surface area contributed by atoms with Gasteiger partial charge in [-0.05, 0) is 34.0 Å². The number of pyridine rings is 1. The van der Waals surface area contributed by atoms with E-state index in [2.05, 4.69) is 44.1 Å². The molecule has 1 unspecified atom stereocenters. The molecule has 2 rings (SSSR count). The predicted octanol–water partition coefficient (Wildman–Crippen LogP) is 2.42. The lowest BCUT2D eigenvalue weighted by molar-refractivity contribution is 0.186. The van der Waals surface area contributed by atoms with E-state index >= 15 is 0 Å². The lowest BCUT2D eigenvalue weighted by Crippen LogP contribution is -2.50. The van der Waals surface area contributed by atoms with Gasteiger partial charge in [0.25, 0.3) is 0 Å². The average molecular weight is 298 g/mol. The summed E-state index contributed by atoms with van der Waals surface area (Å²) in [6.07, 6.45) is 6.32. The summed E-state index contributed by atoms with van der Waals surface area (Å²) in [7, 11) is 0. The summed E-state index contributed by atoms with van der Waals surface area (Å²) in [6, 6.07) is 2.82. The highest BCUT2D eigenvalue weighted by Gasteiger charge is 2.18. The summed E-state index contributed by atoms with van der Waals surface area (Å²) in [6.45, 7) is 6.65. The minimum absolute atomic E-state index is 0.661. The monoisotopic (exact) mass is 297 g/mol. The van der Waals surface area contributed by atoms with Gasteiger partial charge in [-0.3, -0.25) is 9.88 Å². The zero-order chi connectivity index (χ0) is 12.1. The second-order valence-electron chi connectivity index (χ2n) is 4.69. The third kappa shape index (κ3) is 4.05. The first kappa shape index (κ1) is 13.0. The number of hydrogen-bond acceptors (Lipinski definition) is 3. The SMILES string of the molecule is CCCC1CN(Cc2cncc(Br)c2)CCN1.